The van der Waals surface area contributed by atoms with Crippen molar-refractivity contribution >= 4 is 19.7 Å². The zero-order valence-electron chi connectivity index (χ0n) is 7.37. The van der Waals surface area contributed by atoms with Gasteiger partial charge in [-0.05, 0) is 0 Å². The number of alkyl halides is 2. The smallest absolute Gasteiger partial charge is 0.277 e. The van der Waals surface area contributed by atoms with Gasteiger partial charge in [0.25, 0.3) is 15.5 Å². The van der Waals surface area contributed by atoms with Crippen LogP contribution in [-0.4, -0.2) is 13.4 Å². The molecule has 0 aliphatic heterocycles. The van der Waals surface area contributed by atoms with Crippen molar-refractivity contribution in [1.82, 2.24) is 4.98 Å². The lowest BCUT2D eigenvalue weighted by molar-refractivity contribution is 0.145. The second kappa shape index (κ2) is 4.19. The Bertz CT molecular complexity index is 617. The zero-order chi connectivity index (χ0) is 12.5. The van der Waals surface area contributed by atoms with Crippen LogP contribution in [-0.2, 0) is 9.05 Å². The Kier molecular flexibility index (Phi) is 3.30. The molecule has 0 aromatic carbocycles. The highest BCUT2D eigenvalue weighted by Crippen LogP contribution is 2.24. The summed E-state index contributed by atoms with van der Waals surface area (Å²) in [4.78, 5) is 13.0. The molecule has 1 aromatic rings. The van der Waals surface area contributed by atoms with E-state index in [9.17, 15) is 22.0 Å². The summed E-state index contributed by atoms with van der Waals surface area (Å²) in [5.74, 6) is 0. The molecule has 0 fully saturated rings. The van der Waals surface area contributed by atoms with Gasteiger partial charge in [0, 0.05) is 16.7 Å². The summed E-state index contributed by atoms with van der Waals surface area (Å²) >= 11 is 0. The predicted molar refractivity (Wildman–Crippen MR) is 49.8 cm³/mol. The van der Waals surface area contributed by atoms with E-state index in [1.807, 2.05) is 4.98 Å². The molecule has 0 atom stereocenters. The number of hydrogen-bond donors (Lipinski definition) is 1. The first-order valence-corrected chi connectivity index (χ1v) is 5.98. The number of nitriles is 1. The van der Waals surface area contributed by atoms with Crippen molar-refractivity contribution in [3.63, 3.8) is 0 Å². The lowest BCUT2D eigenvalue weighted by Crippen LogP contribution is -2.16. The van der Waals surface area contributed by atoms with Crippen LogP contribution < -0.4 is 5.43 Å². The minimum atomic E-state index is -4.55. The topological polar surface area (TPSA) is 90.8 Å². The van der Waals surface area contributed by atoms with Crippen LogP contribution in [0.5, 0.6) is 0 Å². The second-order valence-corrected chi connectivity index (χ2v) is 5.14. The molecule has 0 aliphatic carbocycles. The van der Waals surface area contributed by atoms with E-state index >= 15 is 0 Å². The van der Waals surface area contributed by atoms with Gasteiger partial charge in [-0.1, -0.05) is 0 Å². The number of H-pyrrole nitrogens is 1. The maximum Gasteiger partial charge on any atom is 0.277 e. The first kappa shape index (κ1) is 12.6. The van der Waals surface area contributed by atoms with E-state index in [0.717, 1.165) is 0 Å². The SMILES string of the molecule is N#Cc1cc(=O)c(C(F)F)c(S(=O)(=O)Cl)[nH]1. The molecule has 1 heterocycles. The summed E-state index contributed by atoms with van der Waals surface area (Å²) in [6, 6.07) is 2.00. The summed E-state index contributed by atoms with van der Waals surface area (Å²) < 4.78 is 46.7. The predicted octanol–water partition coefficient (Wildman–Crippen LogP) is 1.11. The van der Waals surface area contributed by atoms with Crippen LogP contribution in [0, 0.1) is 11.3 Å². The number of nitrogens with one attached hydrogen (secondary N) is 1. The van der Waals surface area contributed by atoms with E-state index in [1.165, 1.54) is 6.07 Å². The Morgan fingerprint density at radius 2 is 2.06 bits per heavy atom. The summed E-state index contributed by atoms with van der Waals surface area (Å²) in [6.07, 6.45) is -3.31. The number of halogens is 3. The number of hydrogen-bond acceptors (Lipinski definition) is 4. The third kappa shape index (κ3) is 2.37. The van der Waals surface area contributed by atoms with Crippen molar-refractivity contribution in [1.29, 1.82) is 5.26 Å². The monoisotopic (exact) mass is 268 g/mol. The molecule has 0 spiro atoms. The van der Waals surface area contributed by atoms with Gasteiger partial charge < -0.3 is 4.98 Å². The quantitative estimate of drug-likeness (QED) is 0.814. The maximum absolute atomic E-state index is 12.4. The molecule has 1 aromatic heterocycles. The van der Waals surface area contributed by atoms with Crippen molar-refractivity contribution in [3.8, 4) is 6.07 Å². The summed E-state index contributed by atoms with van der Waals surface area (Å²) in [6.45, 7) is 0. The lowest BCUT2D eigenvalue weighted by Gasteiger charge is -2.05. The molecule has 0 saturated carbocycles. The number of aromatic amines is 1. The van der Waals surface area contributed by atoms with Gasteiger partial charge in [-0.2, -0.15) is 5.26 Å². The Balaban J connectivity index is 3.76. The third-order valence-corrected chi connectivity index (χ3v) is 2.89. The number of aromatic nitrogens is 1. The van der Waals surface area contributed by atoms with Gasteiger partial charge in [-0.3, -0.25) is 4.79 Å². The van der Waals surface area contributed by atoms with Crippen molar-refractivity contribution < 1.29 is 17.2 Å². The summed E-state index contributed by atoms with van der Waals surface area (Å²) in [7, 11) is 0.320. The average Bonchev–Trinajstić information content (AvgIpc) is 2.14. The molecule has 16 heavy (non-hydrogen) atoms. The molecule has 0 amide bonds. The van der Waals surface area contributed by atoms with E-state index < -0.39 is 37.2 Å². The van der Waals surface area contributed by atoms with Gasteiger partial charge in [-0.15, -0.1) is 0 Å². The van der Waals surface area contributed by atoms with E-state index in [4.69, 9.17) is 15.9 Å². The fourth-order valence-electron chi connectivity index (χ4n) is 1.01. The minimum Gasteiger partial charge on any atom is -0.336 e. The Morgan fingerprint density at radius 1 is 1.50 bits per heavy atom. The molecule has 0 aliphatic rings. The molecular formula is C7H3ClF2N2O3S. The minimum absolute atomic E-state index is 0.464. The fraction of sp³-hybridized carbons (Fsp3) is 0.143. The molecule has 0 saturated heterocycles. The van der Waals surface area contributed by atoms with E-state index in [1.54, 1.807) is 0 Å². The van der Waals surface area contributed by atoms with Gasteiger partial charge in [0.15, 0.2) is 10.5 Å². The molecule has 0 bridgehead atoms. The molecule has 0 unspecified atom stereocenters. The van der Waals surface area contributed by atoms with Crippen LogP contribution in [0.2, 0.25) is 0 Å². The van der Waals surface area contributed by atoms with Crippen LogP contribution in [0.4, 0.5) is 8.78 Å². The molecule has 9 heteroatoms. The Labute approximate surface area is 92.7 Å². The maximum atomic E-state index is 12.4. The zero-order valence-corrected chi connectivity index (χ0v) is 8.94. The molecule has 5 nitrogen and oxygen atoms in total. The normalized spacial score (nSPS) is 11.4. The third-order valence-electron chi connectivity index (χ3n) is 1.62. The van der Waals surface area contributed by atoms with E-state index in [0.29, 0.717) is 6.07 Å². The first-order valence-electron chi connectivity index (χ1n) is 3.67. The second-order valence-electron chi connectivity index (χ2n) is 2.64. The Morgan fingerprint density at radius 3 is 2.44 bits per heavy atom. The van der Waals surface area contributed by atoms with Crippen LogP contribution in [0.1, 0.15) is 17.7 Å². The van der Waals surface area contributed by atoms with E-state index in [2.05, 4.69) is 0 Å². The van der Waals surface area contributed by atoms with Crippen LogP contribution in [0.15, 0.2) is 15.9 Å². The summed E-state index contributed by atoms with van der Waals surface area (Å²) in [5, 5.41) is 7.29. The van der Waals surface area contributed by atoms with Gasteiger partial charge in [0.1, 0.15) is 17.3 Å². The number of rotatable bonds is 2. The van der Waals surface area contributed by atoms with Gasteiger partial charge in [-0.25, -0.2) is 17.2 Å². The van der Waals surface area contributed by atoms with Crippen molar-refractivity contribution in [2.45, 2.75) is 11.5 Å². The van der Waals surface area contributed by atoms with Crippen molar-refractivity contribution in [2.24, 2.45) is 0 Å². The molecule has 1 N–H and O–H groups in total. The van der Waals surface area contributed by atoms with Gasteiger partial charge in [0.2, 0.25) is 0 Å². The molecule has 0 radical (unpaired) electrons. The fourth-order valence-corrected chi connectivity index (χ4v) is 2.05. The first-order chi connectivity index (χ1) is 7.27. The summed E-state index contributed by atoms with van der Waals surface area (Å²) in [5.41, 5.74) is -2.99. The van der Waals surface area contributed by atoms with Gasteiger partial charge in [0.05, 0.1) is 0 Å². The molecule has 1 rings (SSSR count). The van der Waals surface area contributed by atoms with Gasteiger partial charge >= 0.3 is 0 Å². The number of nitrogens with zero attached hydrogens (tertiary/aromatic N) is 1. The highest BCUT2D eigenvalue weighted by atomic mass is 35.7. The number of pyridine rings is 1. The van der Waals surface area contributed by atoms with E-state index in [-0.39, 0.29) is 0 Å². The van der Waals surface area contributed by atoms with Crippen LogP contribution in [0.3, 0.4) is 0 Å². The highest BCUT2D eigenvalue weighted by molar-refractivity contribution is 8.13. The van der Waals surface area contributed by atoms with Crippen molar-refractivity contribution in [3.05, 3.63) is 27.5 Å². The Hall–Kier alpha value is -1.46. The van der Waals surface area contributed by atoms with Crippen LogP contribution >= 0.6 is 10.7 Å². The molecule has 86 valence electrons. The largest absolute Gasteiger partial charge is 0.336 e. The molecular weight excluding hydrogens is 266 g/mol. The highest BCUT2D eigenvalue weighted by Gasteiger charge is 2.26. The van der Waals surface area contributed by atoms with Crippen molar-refractivity contribution in [2.75, 3.05) is 0 Å². The van der Waals surface area contributed by atoms with Crippen LogP contribution in [0.25, 0.3) is 0 Å². The standard InChI is InChI=1S/C7H3ClF2N2O3S/c8-16(14,15)7-5(6(9)10)4(13)1-3(2-11)12-7/h1,6H,(H,12,13). The average molecular weight is 269 g/mol. The lowest BCUT2D eigenvalue weighted by atomic mass is 10.2.